The van der Waals surface area contributed by atoms with Gasteiger partial charge < -0.3 is 10.1 Å². The van der Waals surface area contributed by atoms with Gasteiger partial charge in [-0.3, -0.25) is 9.36 Å². The van der Waals surface area contributed by atoms with Gasteiger partial charge in [-0.25, -0.2) is 0 Å². The van der Waals surface area contributed by atoms with E-state index in [0.29, 0.717) is 11.2 Å². The third kappa shape index (κ3) is 4.14. The quantitative estimate of drug-likeness (QED) is 0.637. The maximum absolute atomic E-state index is 12.9. The van der Waals surface area contributed by atoms with Crippen LogP contribution in [0.2, 0.25) is 0 Å². The van der Waals surface area contributed by atoms with E-state index >= 15 is 0 Å². The summed E-state index contributed by atoms with van der Waals surface area (Å²) in [7, 11) is 1.63. The van der Waals surface area contributed by atoms with Crippen LogP contribution in [0.4, 0.5) is 0 Å². The molecule has 1 fully saturated rings. The highest BCUT2D eigenvalue weighted by Crippen LogP contribution is 2.36. The third-order valence-corrected chi connectivity index (χ3v) is 5.55. The van der Waals surface area contributed by atoms with E-state index in [1.165, 1.54) is 11.8 Å². The number of carbonyl (C=O) groups is 1. The zero-order valence-corrected chi connectivity index (χ0v) is 15.7. The maximum Gasteiger partial charge on any atom is 0.238 e. The molecule has 7 heteroatoms. The third-order valence-electron chi connectivity index (χ3n) is 4.34. The number of hydrogen-bond donors (Lipinski definition) is 1. The Hall–Kier alpha value is -2.80. The molecular weight excluding hydrogens is 360 g/mol. The van der Waals surface area contributed by atoms with Crippen molar-refractivity contribution in [3.63, 3.8) is 0 Å². The molecule has 0 saturated heterocycles. The van der Waals surface area contributed by atoms with Crippen LogP contribution in [0.15, 0.2) is 66.1 Å². The van der Waals surface area contributed by atoms with Gasteiger partial charge in [0.2, 0.25) is 5.91 Å². The molecule has 1 N–H and O–H groups in total. The number of benzene rings is 2. The second-order valence-corrected chi connectivity index (χ2v) is 7.45. The minimum Gasteiger partial charge on any atom is -0.497 e. The van der Waals surface area contributed by atoms with Gasteiger partial charge in [0.05, 0.1) is 12.8 Å². The van der Waals surface area contributed by atoms with Crippen molar-refractivity contribution in [2.75, 3.05) is 7.11 Å². The Morgan fingerprint density at radius 2 is 2.04 bits per heavy atom. The van der Waals surface area contributed by atoms with Gasteiger partial charge in [-0.05, 0) is 30.5 Å². The van der Waals surface area contributed by atoms with Crippen molar-refractivity contribution in [3.05, 3.63) is 66.5 Å². The SMILES string of the molecule is COc1cccc(-n2cnnc2S[C@@H](C(=O)NC2CC2)c2ccccc2)c1. The van der Waals surface area contributed by atoms with Crippen molar-refractivity contribution in [2.24, 2.45) is 0 Å². The van der Waals surface area contributed by atoms with Gasteiger partial charge in [0.1, 0.15) is 17.3 Å². The predicted molar refractivity (Wildman–Crippen MR) is 104 cm³/mol. The Bertz CT molecular complexity index is 924. The second-order valence-electron chi connectivity index (χ2n) is 6.38. The smallest absolute Gasteiger partial charge is 0.238 e. The molecule has 1 aliphatic rings. The molecule has 3 aromatic rings. The van der Waals surface area contributed by atoms with Gasteiger partial charge in [-0.15, -0.1) is 10.2 Å². The molecule has 27 heavy (non-hydrogen) atoms. The van der Waals surface area contributed by atoms with E-state index in [4.69, 9.17) is 4.74 Å². The van der Waals surface area contributed by atoms with Gasteiger partial charge in [-0.1, -0.05) is 48.2 Å². The molecule has 0 spiro atoms. The van der Waals surface area contributed by atoms with Crippen molar-refractivity contribution in [2.45, 2.75) is 29.3 Å². The monoisotopic (exact) mass is 380 g/mol. The van der Waals surface area contributed by atoms with Crippen molar-refractivity contribution < 1.29 is 9.53 Å². The number of amides is 1. The standard InChI is InChI=1S/C20H20N4O2S/c1-26-17-9-5-8-16(12-17)24-13-21-23-20(24)27-18(14-6-3-2-4-7-14)19(25)22-15-10-11-15/h2-9,12-13,15,18H,10-11H2,1H3,(H,22,25)/t18-/m1/s1. The molecule has 1 aromatic heterocycles. The summed E-state index contributed by atoms with van der Waals surface area (Å²) in [5.74, 6) is 0.761. The lowest BCUT2D eigenvalue weighted by Crippen LogP contribution is -2.29. The average Bonchev–Trinajstić information content (AvgIpc) is 3.40. The first-order chi connectivity index (χ1) is 13.2. The van der Waals surface area contributed by atoms with E-state index in [-0.39, 0.29) is 11.2 Å². The zero-order valence-electron chi connectivity index (χ0n) is 14.9. The number of rotatable bonds is 7. The topological polar surface area (TPSA) is 69.0 Å². The predicted octanol–water partition coefficient (Wildman–Crippen LogP) is 3.39. The fourth-order valence-electron chi connectivity index (χ4n) is 2.75. The Balaban J connectivity index is 1.63. The van der Waals surface area contributed by atoms with Crippen molar-refractivity contribution in [3.8, 4) is 11.4 Å². The van der Waals surface area contributed by atoms with E-state index in [2.05, 4.69) is 15.5 Å². The molecule has 4 rings (SSSR count). The molecule has 6 nitrogen and oxygen atoms in total. The van der Waals surface area contributed by atoms with Gasteiger partial charge >= 0.3 is 0 Å². The number of hydrogen-bond acceptors (Lipinski definition) is 5. The van der Waals surface area contributed by atoms with Crippen LogP contribution >= 0.6 is 11.8 Å². The van der Waals surface area contributed by atoms with E-state index in [9.17, 15) is 4.79 Å². The summed E-state index contributed by atoms with van der Waals surface area (Å²) < 4.78 is 7.18. The molecule has 2 aromatic carbocycles. The van der Waals surface area contributed by atoms with Crippen LogP contribution in [0.1, 0.15) is 23.7 Å². The fourth-order valence-corrected chi connectivity index (χ4v) is 3.79. The second kappa shape index (κ2) is 7.84. The number of ether oxygens (including phenoxy) is 1. The van der Waals surface area contributed by atoms with Crippen LogP contribution in [0.25, 0.3) is 5.69 Å². The fraction of sp³-hybridized carbons (Fsp3) is 0.250. The number of carbonyl (C=O) groups excluding carboxylic acids is 1. The normalized spacial score (nSPS) is 14.6. The summed E-state index contributed by atoms with van der Waals surface area (Å²) in [4.78, 5) is 12.9. The number of nitrogens with zero attached hydrogens (tertiary/aromatic N) is 3. The van der Waals surface area contributed by atoms with E-state index in [0.717, 1.165) is 29.8 Å². The summed E-state index contributed by atoms with van der Waals surface area (Å²) in [5, 5.41) is 11.7. The molecular formula is C20H20N4O2S. The molecule has 0 aliphatic heterocycles. The number of nitrogens with one attached hydrogen (secondary N) is 1. The van der Waals surface area contributed by atoms with Crippen LogP contribution in [-0.4, -0.2) is 33.8 Å². The highest BCUT2D eigenvalue weighted by atomic mass is 32.2. The van der Waals surface area contributed by atoms with E-state index < -0.39 is 0 Å². The summed E-state index contributed by atoms with van der Waals surface area (Å²) in [5.41, 5.74) is 1.83. The Labute approximate surface area is 162 Å². The number of thioether (sulfide) groups is 1. The molecule has 0 unspecified atom stereocenters. The molecule has 1 saturated carbocycles. The summed E-state index contributed by atoms with van der Waals surface area (Å²) >= 11 is 1.40. The first-order valence-corrected chi connectivity index (χ1v) is 9.69. The van der Waals surface area contributed by atoms with Crippen LogP contribution in [-0.2, 0) is 4.79 Å². The Morgan fingerprint density at radius 3 is 2.78 bits per heavy atom. The van der Waals surface area contributed by atoms with Crippen molar-refractivity contribution in [1.29, 1.82) is 0 Å². The Morgan fingerprint density at radius 1 is 1.22 bits per heavy atom. The number of methoxy groups -OCH3 is 1. The van der Waals surface area contributed by atoms with Crippen LogP contribution in [0, 0.1) is 0 Å². The van der Waals surface area contributed by atoms with Gasteiger partial charge in [0.15, 0.2) is 5.16 Å². The molecule has 1 aliphatic carbocycles. The van der Waals surface area contributed by atoms with Crippen molar-refractivity contribution in [1.82, 2.24) is 20.1 Å². The van der Waals surface area contributed by atoms with Crippen LogP contribution < -0.4 is 10.1 Å². The minimum absolute atomic E-state index is 0.00823. The molecule has 1 atom stereocenters. The average molecular weight is 380 g/mol. The number of aromatic nitrogens is 3. The molecule has 0 bridgehead atoms. The maximum atomic E-state index is 12.9. The van der Waals surface area contributed by atoms with Gasteiger partial charge in [-0.2, -0.15) is 0 Å². The van der Waals surface area contributed by atoms with Gasteiger partial charge in [0, 0.05) is 12.1 Å². The Kier molecular flexibility index (Phi) is 5.11. The van der Waals surface area contributed by atoms with E-state index in [1.54, 1.807) is 13.4 Å². The van der Waals surface area contributed by atoms with Crippen LogP contribution in [0.5, 0.6) is 5.75 Å². The minimum atomic E-state index is -0.389. The summed E-state index contributed by atoms with van der Waals surface area (Å²) in [6, 6.07) is 17.7. The van der Waals surface area contributed by atoms with E-state index in [1.807, 2.05) is 59.2 Å². The summed E-state index contributed by atoms with van der Waals surface area (Å²) in [6.07, 6.45) is 3.76. The highest BCUT2D eigenvalue weighted by Gasteiger charge is 2.30. The first-order valence-electron chi connectivity index (χ1n) is 8.81. The van der Waals surface area contributed by atoms with Crippen molar-refractivity contribution >= 4 is 17.7 Å². The lowest BCUT2D eigenvalue weighted by atomic mass is 10.1. The lowest BCUT2D eigenvalue weighted by Gasteiger charge is -2.17. The molecule has 1 heterocycles. The molecule has 1 amide bonds. The largest absolute Gasteiger partial charge is 0.497 e. The molecule has 0 radical (unpaired) electrons. The zero-order chi connectivity index (χ0) is 18.6. The highest BCUT2D eigenvalue weighted by molar-refractivity contribution is 8.00. The first kappa shape index (κ1) is 17.6. The van der Waals surface area contributed by atoms with Gasteiger partial charge in [0.25, 0.3) is 0 Å². The summed E-state index contributed by atoms with van der Waals surface area (Å²) in [6.45, 7) is 0. The molecule has 138 valence electrons. The van der Waals surface area contributed by atoms with Crippen LogP contribution in [0.3, 0.4) is 0 Å². The lowest BCUT2D eigenvalue weighted by molar-refractivity contribution is -0.120.